The average Bonchev–Trinajstić information content (AvgIpc) is 3.18. The molecule has 1 aromatic rings. The third-order valence-electron chi connectivity index (χ3n) is 3.64. The van der Waals surface area contributed by atoms with Crippen LogP contribution in [0.1, 0.15) is 31.2 Å². The maximum absolute atomic E-state index is 9.10. The molecule has 2 saturated carbocycles. The van der Waals surface area contributed by atoms with Crippen molar-refractivity contribution in [3.8, 4) is 0 Å². The summed E-state index contributed by atoms with van der Waals surface area (Å²) in [7, 11) is 0. The number of rotatable bonds is 5. The van der Waals surface area contributed by atoms with Gasteiger partial charge in [0.1, 0.15) is 0 Å². The first kappa shape index (κ1) is 11.4. The molecule has 0 unspecified atom stereocenters. The van der Waals surface area contributed by atoms with Gasteiger partial charge < -0.3 is 10.0 Å². The monoisotopic (exact) mass is 251 g/mol. The molecule has 0 saturated heterocycles. The van der Waals surface area contributed by atoms with Gasteiger partial charge in [-0.3, -0.25) is 0 Å². The summed E-state index contributed by atoms with van der Waals surface area (Å²) in [5.41, 5.74) is 2.04. The predicted molar refractivity (Wildman–Crippen MR) is 70.5 cm³/mol. The minimum Gasteiger partial charge on any atom is -0.392 e. The van der Waals surface area contributed by atoms with E-state index in [0.717, 1.165) is 28.7 Å². The number of hydrogen-bond donors (Lipinski definition) is 1. The summed E-state index contributed by atoms with van der Waals surface area (Å²) in [6.45, 7) is 1.22. The second-order valence-corrected chi connectivity index (χ2v) is 5.68. The maximum Gasteiger partial charge on any atom is 0.0682 e. The lowest BCUT2D eigenvalue weighted by molar-refractivity contribution is 0.282. The summed E-state index contributed by atoms with van der Waals surface area (Å²) in [6.07, 6.45) is 5.33. The normalized spacial score (nSPS) is 19.4. The largest absolute Gasteiger partial charge is 0.392 e. The first-order valence-electron chi connectivity index (χ1n) is 6.44. The van der Waals surface area contributed by atoms with Crippen LogP contribution >= 0.6 is 11.6 Å². The highest BCUT2D eigenvalue weighted by atomic mass is 35.5. The van der Waals surface area contributed by atoms with Crippen molar-refractivity contribution in [2.75, 3.05) is 11.4 Å². The Morgan fingerprint density at radius 2 is 2.00 bits per heavy atom. The number of benzene rings is 1. The van der Waals surface area contributed by atoms with E-state index >= 15 is 0 Å². The van der Waals surface area contributed by atoms with Gasteiger partial charge in [0.25, 0.3) is 0 Å². The molecule has 1 aromatic carbocycles. The molecule has 2 aliphatic rings. The summed E-state index contributed by atoms with van der Waals surface area (Å²) in [6, 6.07) is 6.63. The van der Waals surface area contributed by atoms with E-state index in [0.29, 0.717) is 6.04 Å². The highest BCUT2D eigenvalue weighted by Crippen LogP contribution is 2.40. The van der Waals surface area contributed by atoms with Gasteiger partial charge in [-0.15, -0.1) is 0 Å². The maximum atomic E-state index is 9.10. The van der Waals surface area contributed by atoms with Crippen molar-refractivity contribution < 1.29 is 5.11 Å². The second kappa shape index (κ2) is 4.51. The van der Waals surface area contributed by atoms with E-state index < -0.39 is 0 Å². The molecule has 3 rings (SSSR count). The lowest BCUT2D eigenvalue weighted by atomic mass is 10.2. The van der Waals surface area contributed by atoms with Crippen LogP contribution in [0.3, 0.4) is 0 Å². The van der Waals surface area contributed by atoms with Crippen LogP contribution in [0.5, 0.6) is 0 Å². The zero-order valence-corrected chi connectivity index (χ0v) is 10.7. The van der Waals surface area contributed by atoms with Gasteiger partial charge in [-0.2, -0.15) is 0 Å². The SMILES string of the molecule is OCc1ccc(N(CC2CC2)C2CC2)c(Cl)c1. The van der Waals surface area contributed by atoms with Crippen molar-refractivity contribution in [3.05, 3.63) is 28.8 Å². The summed E-state index contributed by atoms with van der Waals surface area (Å²) in [4.78, 5) is 2.47. The van der Waals surface area contributed by atoms with Crippen LogP contribution in [0, 0.1) is 5.92 Å². The van der Waals surface area contributed by atoms with Crippen molar-refractivity contribution in [1.29, 1.82) is 0 Å². The van der Waals surface area contributed by atoms with Crippen LogP contribution in [0.2, 0.25) is 5.02 Å². The van der Waals surface area contributed by atoms with Crippen molar-refractivity contribution in [1.82, 2.24) is 0 Å². The fourth-order valence-corrected chi connectivity index (χ4v) is 2.60. The van der Waals surface area contributed by atoms with Gasteiger partial charge in [-0.1, -0.05) is 17.7 Å². The predicted octanol–water partition coefficient (Wildman–Crippen LogP) is 3.21. The Balaban J connectivity index is 1.83. The number of aliphatic hydroxyl groups excluding tert-OH is 1. The molecule has 2 fully saturated rings. The van der Waals surface area contributed by atoms with Crippen LogP contribution < -0.4 is 4.90 Å². The topological polar surface area (TPSA) is 23.5 Å². The van der Waals surface area contributed by atoms with E-state index in [2.05, 4.69) is 11.0 Å². The highest BCUT2D eigenvalue weighted by molar-refractivity contribution is 6.33. The van der Waals surface area contributed by atoms with Gasteiger partial charge in [0.05, 0.1) is 17.3 Å². The van der Waals surface area contributed by atoms with Gasteiger partial charge in [0.2, 0.25) is 0 Å². The van der Waals surface area contributed by atoms with Gasteiger partial charge >= 0.3 is 0 Å². The minimum atomic E-state index is 0.0616. The molecule has 3 heteroatoms. The Bertz CT molecular complexity index is 413. The van der Waals surface area contributed by atoms with E-state index in [1.165, 1.54) is 25.7 Å². The molecular formula is C14H18ClNO. The summed E-state index contributed by atoms with van der Waals surface area (Å²) < 4.78 is 0. The number of halogens is 1. The molecule has 2 nitrogen and oxygen atoms in total. The molecule has 0 heterocycles. The van der Waals surface area contributed by atoms with Crippen LogP contribution in [-0.2, 0) is 6.61 Å². The van der Waals surface area contributed by atoms with Gasteiger partial charge in [0, 0.05) is 12.6 Å². The molecule has 2 aliphatic carbocycles. The fraction of sp³-hybridized carbons (Fsp3) is 0.571. The Hall–Kier alpha value is -0.730. The van der Waals surface area contributed by atoms with Crippen molar-refractivity contribution in [2.24, 2.45) is 5.92 Å². The number of nitrogens with zero attached hydrogens (tertiary/aromatic N) is 1. The third kappa shape index (κ3) is 2.58. The molecule has 92 valence electrons. The molecule has 0 bridgehead atoms. The summed E-state index contributed by atoms with van der Waals surface area (Å²) >= 11 is 6.33. The zero-order valence-electron chi connectivity index (χ0n) is 9.90. The average molecular weight is 252 g/mol. The zero-order chi connectivity index (χ0) is 11.8. The van der Waals surface area contributed by atoms with Gasteiger partial charge in [-0.25, -0.2) is 0 Å². The van der Waals surface area contributed by atoms with E-state index in [1.54, 1.807) is 0 Å². The number of anilines is 1. The van der Waals surface area contributed by atoms with Crippen molar-refractivity contribution in [2.45, 2.75) is 38.3 Å². The first-order valence-corrected chi connectivity index (χ1v) is 6.81. The lowest BCUT2D eigenvalue weighted by Gasteiger charge is -2.26. The molecule has 1 N–H and O–H groups in total. The van der Waals surface area contributed by atoms with E-state index in [9.17, 15) is 0 Å². The molecule has 0 radical (unpaired) electrons. The Labute approximate surface area is 107 Å². The van der Waals surface area contributed by atoms with Crippen molar-refractivity contribution >= 4 is 17.3 Å². The second-order valence-electron chi connectivity index (χ2n) is 5.27. The minimum absolute atomic E-state index is 0.0616. The van der Waals surface area contributed by atoms with Gasteiger partial charge in [0.15, 0.2) is 0 Å². The summed E-state index contributed by atoms with van der Waals surface area (Å²) in [5, 5.41) is 9.88. The molecule has 0 amide bonds. The van der Waals surface area contributed by atoms with Gasteiger partial charge in [-0.05, 0) is 49.3 Å². The molecule has 0 atom stereocenters. The quantitative estimate of drug-likeness (QED) is 0.869. The van der Waals surface area contributed by atoms with E-state index in [-0.39, 0.29) is 6.61 Å². The summed E-state index contributed by atoms with van der Waals surface area (Å²) in [5.74, 6) is 0.879. The van der Waals surface area contributed by atoms with Crippen molar-refractivity contribution in [3.63, 3.8) is 0 Å². The van der Waals surface area contributed by atoms with Crippen LogP contribution in [0.15, 0.2) is 18.2 Å². The number of aliphatic hydroxyl groups is 1. The molecule has 17 heavy (non-hydrogen) atoms. The molecular weight excluding hydrogens is 234 g/mol. The van der Waals surface area contributed by atoms with Crippen LogP contribution in [0.25, 0.3) is 0 Å². The molecule has 0 spiro atoms. The Morgan fingerprint density at radius 3 is 2.53 bits per heavy atom. The third-order valence-corrected chi connectivity index (χ3v) is 3.95. The lowest BCUT2D eigenvalue weighted by Crippen LogP contribution is -2.28. The highest BCUT2D eigenvalue weighted by Gasteiger charge is 2.34. The first-order chi connectivity index (χ1) is 8.28. The van der Waals surface area contributed by atoms with E-state index in [4.69, 9.17) is 16.7 Å². The number of hydrogen-bond acceptors (Lipinski definition) is 2. The smallest absolute Gasteiger partial charge is 0.0682 e. The molecule has 0 aliphatic heterocycles. The van der Waals surface area contributed by atoms with Crippen LogP contribution in [-0.4, -0.2) is 17.7 Å². The van der Waals surface area contributed by atoms with Crippen LogP contribution in [0.4, 0.5) is 5.69 Å². The standard InChI is InChI=1S/C14H18ClNO/c15-13-7-11(9-17)3-6-14(13)16(12-4-5-12)8-10-1-2-10/h3,6-7,10,12,17H,1-2,4-5,8-9H2. The molecule has 0 aromatic heterocycles. The van der Waals surface area contributed by atoms with E-state index in [1.807, 2.05) is 12.1 Å². The Kier molecular flexibility index (Phi) is 3.01. The fourth-order valence-electron chi connectivity index (χ4n) is 2.29. The Morgan fingerprint density at radius 1 is 1.24 bits per heavy atom.